The third-order valence-corrected chi connectivity index (χ3v) is 5.06. The first-order valence-corrected chi connectivity index (χ1v) is 9.03. The lowest BCUT2D eigenvalue weighted by atomic mass is 10.0. The summed E-state index contributed by atoms with van der Waals surface area (Å²) in [5, 5.41) is 7.43. The van der Waals surface area contributed by atoms with Crippen molar-refractivity contribution in [3.63, 3.8) is 0 Å². The number of fused-ring (bicyclic) bond motifs is 1. The van der Waals surface area contributed by atoms with Crippen LogP contribution in [0, 0.1) is 13.8 Å². The van der Waals surface area contributed by atoms with Crippen LogP contribution >= 0.6 is 0 Å². The molecule has 0 radical (unpaired) electrons. The van der Waals surface area contributed by atoms with E-state index in [9.17, 15) is 9.59 Å². The van der Waals surface area contributed by atoms with E-state index in [2.05, 4.69) is 20.4 Å². The van der Waals surface area contributed by atoms with Gasteiger partial charge in [-0.25, -0.2) is 9.50 Å². The molecule has 0 bridgehead atoms. The summed E-state index contributed by atoms with van der Waals surface area (Å²) in [6.07, 6.45) is 1.80. The van der Waals surface area contributed by atoms with E-state index in [0.717, 1.165) is 30.8 Å². The minimum Gasteiger partial charge on any atom is -0.336 e. The number of piperidine rings is 1. The van der Waals surface area contributed by atoms with Gasteiger partial charge in [-0.1, -0.05) is 0 Å². The molecule has 9 nitrogen and oxygen atoms in total. The predicted molar refractivity (Wildman–Crippen MR) is 93.8 cm³/mol. The molecule has 1 N–H and O–H groups in total. The van der Waals surface area contributed by atoms with Crippen LogP contribution in [0.4, 0.5) is 0 Å². The van der Waals surface area contributed by atoms with E-state index in [-0.39, 0.29) is 23.7 Å². The summed E-state index contributed by atoms with van der Waals surface area (Å²) >= 11 is 0. The Morgan fingerprint density at radius 1 is 1.27 bits per heavy atom. The van der Waals surface area contributed by atoms with Crippen LogP contribution in [0.3, 0.4) is 0 Å². The number of carbonyl (C=O) groups is 2. The Morgan fingerprint density at radius 2 is 2.12 bits per heavy atom. The maximum atomic E-state index is 12.9. The normalized spacial score (nSPS) is 21.5. The SMILES string of the molecule is Cc1cc(C)n2nc(C(=O)N3CCCC(N4CCNCC4=O)C3)nc2n1. The molecule has 0 aliphatic carbocycles. The maximum absolute atomic E-state index is 12.9. The highest BCUT2D eigenvalue weighted by Crippen LogP contribution is 2.18. The highest BCUT2D eigenvalue weighted by molar-refractivity contribution is 5.91. The monoisotopic (exact) mass is 357 g/mol. The van der Waals surface area contributed by atoms with Crippen LogP contribution in [0.15, 0.2) is 6.07 Å². The minimum absolute atomic E-state index is 0.0708. The van der Waals surface area contributed by atoms with Gasteiger partial charge in [0.15, 0.2) is 0 Å². The molecule has 2 fully saturated rings. The van der Waals surface area contributed by atoms with Crippen LogP contribution < -0.4 is 5.32 Å². The Morgan fingerprint density at radius 3 is 2.92 bits per heavy atom. The molecule has 138 valence electrons. The first-order valence-electron chi connectivity index (χ1n) is 9.03. The third kappa shape index (κ3) is 3.03. The van der Waals surface area contributed by atoms with Crippen molar-refractivity contribution in [3.05, 3.63) is 23.3 Å². The van der Waals surface area contributed by atoms with Gasteiger partial charge in [0.05, 0.1) is 6.54 Å². The Labute approximate surface area is 151 Å². The van der Waals surface area contributed by atoms with Crippen molar-refractivity contribution >= 4 is 17.6 Å². The van der Waals surface area contributed by atoms with E-state index < -0.39 is 0 Å². The van der Waals surface area contributed by atoms with E-state index in [1.807, 2.05) is 24.8 Å². The second kappa shape index (κ2) is 6.64. The van der Waals surface area contributed by atoms with Gasteiger partial charge in [0.2, 0.25) is 11.7 Å². The number of likely N-dealkylation sites (tertiary alicyclic amines) is 1. The summed E-state index contributed by atoms with van der Waals surface area (Å²) < 4.78 is 1.60. The van der Waals surface area contributed by atoms with E-state index >= 15 is 0 Å². The minimum atomic E-state index is -0.195. The van der Waals surface area contributed by atoms with E-state index in [1.54, 1.807) is 9.42 Å². The second-order valence-corrected chi connectivity index (χ2v) is 7.00. The summed E-state index contributed by atoms with van der Waals surface area (Å²) in [4.78, 5) is 37.4. The lowest BCUT2D eigenvalue weighted by Crippen LogP contribution is -2.57. The number of piperazine rings is 1. The molecule has 9 heteroatoms. The summed E-state index contributed by atoms with van der Waals surface area (Å²) in [7, 11) is 0. The number of aromatic nitrogens is 4. The zero-order valence-corrected chi connectivity index (χ0v) is 15.1. The first kappa shape index (κ1) is 16.9. The molecule has 2 aliphatic rings. The number of carbonyl (C=O) groups excluding carboxylic acids is 2. The second-order valence-electron chi connectivity index (χ2n) is 7.00. The number of hydrogen-bond donors (Lipinski definition) is 1. The van der Waals surface area contributed by atoms with Crippen LogP contribution in [0.2, 0.25) is 0 Å². The van der Waals surface area contributed by atoms with Crippen LogP contribution in [-0.4, -0.2) is 80.0 Å². The van der Waals surface area contributed by atoms with Crippen molar-refractivity contribution in [1.29, 1.82) is 0 Å². The molecule has 2 aromatic heterocycles. The summed E-state index contributed by atoms with van der Waals surface area (Å²) in [5.41, 5.74) is 1.73. The van der Waals surface area contributed by atoms with Gasteiger partial charge in [0.25, 0.3) is 11.7 Å². The Bertz CT molecular complexity index is 862. The molecular formula is C17H23N7O2. The van der Waals surface area contributed by atoms with Crippen molar-refractivity contribution in [2.45, 2.75) is 32.7 Å². The summed E-state index contributed by atoms with van der Waals surface area (Å²) in [6.45, 7) is 6.88. The van der Waals surface area contributed by atoms with Crippen LogP contribution in [0.5, 0.6) is 0 Å². The summed E-state index contributed by atoms with van der Waals surface area (Å²) in [5.74, 6) is 0.520. The van der Waals surface area contributed by atoms with Gasteiger partial charge in [-0.15, -0.1) is 5.10 Å². The average Bonchev–Trinajstić information content (AvgIpc) is 3.06. The zero-order chi connectivity index (χ0) is 18.3. The lowest BCUT2D eigenvalue weighted by Gasteiger charge is -2.40. The van der Waals surface area contributed by atoms with Crippen LogP contribution in [0.1, 0.15) is 34.8 Å². The molecule has 2 aliphatic heterocycles. The van der Waals surface area contributed by atoms with Gasteiger partial charge >= 0.3 is 0 Å². The number of aryl methyl sites for hydroxylation is 2. The molecule has 0 saturated carbocycles. The molecular weight excluding hydrogens is 334 g/mol. The maximum Gasteiger partial charge on any atom is 0.293 e. The van der Waals surface area contributed by atoms with Gasteiger partial charge in [-0.3, -0.25) is 9.59 Å². The van der Waals surface area contributed by atoms with E-state index in [4.69, 9.17) is 0 Å². The number of nitrogens with zero attached hydrogens (tertiary/aromatic N) is 6. The first-order chi connectivity index (χ1) is 12.5. The molecule has 4 heterocycles. The molecule has 2 saturated heterocycles. The van der Waals surface area contributed by atoms with Gasteiger partial charge in [-0.05, 0) is 32.8 Å². The number of hydrogen-bond acceptors (Lipinski definition) is 6. The fraction of sp³-hybridized carbons (Fsp3) is 0.588. The standard InChI is InChI=1S/C17H23N7O2/c1-11-8-12(2)24-17(19-11)20-15(21-24)16(26)22-6-3-4-13(10-22)23-7-5-18-9-14(23)25/h8,13,18H,3-7,9-10H2,1-2H3. The van der Waals surface area contributed by atoms with Crippen molar-refractivity contribution in [2.75, 3.05) is 32.7 Å². The molecule has 1 unspecified atom stereocenters. The molecule has 0 aromatic carbocycles. The number of nitrogens with one attached hydrogen (secondary N) is 1. The Kier molecular flexibility index (Phi) is 4.31. The van der Waals surface area contributed by atoms with Crippen molar-refractivity contribution in [2.24, 2.45) is 0 Å². The van der Waals surface area contributed by atoms with Crippen LogP contribution in [-0.2, 0) is 4.79 Å². The van der Waals surface area contributed by atoms with E-state index in [0.29, 0.717) is 32.0 Å². The highest BCUT2D eigenvalue weighted by Gasteiger charge is 2.33. The van der Waals surface area contributed by atoms with Crippen molar-refractivity contribution in [1.82, 2.24) is 34.7 Å². The van der Waals surface area contributed by atoms with Crippen molar-refractivity contribution < 1.29 is 9.59 Å². The average molecular weight is 357 g/mol. The molecule has 2 aromatic rings. The van der Waals surface area contributed by atoms with Gasteiger partial charge in [-0.2, -0.15) is 4.98 Å². The van der Waals surface area contributed by atoms with Gasteiger partial charge < -0.3 is 15.1 Å². The molecule has 26 heavy (non-hydrogen) atoms. The molecule has 1 atom stereocenters. The van der Waals surface area contributed by atoms with E-state index in [1.165, 1.54) is 0 Å². The number of rotatable bonds is 2. The lowest BCUT2D eigenvalue weighted by molar-refractivity contribution is -0.135. The smallest absolute Gasteiger partial charge is 0.293 e. The quantitative estimate of drug-likeness (QED) is 0.798. The Hall–Kier alpha value is -2.55. The van der Waals surface area contributed by atoms with Crippen LogP contribution in [0.25, 0.3) is 5.78 Å². The van der Waals surface area contributed by atoms with Gasteiger partial charge in [0.1, 0.15) is 0 Å². The summed E-state index contributed by atoms with van der Waals surface area (Å²) in [6, 6.07) is 1.98. The predicted octanol–water partition coefficient (Wildman–Crippen LogP) is -0.222. The topological polar surface area (TPSA) is 95.7 Å². The van der Waals surface area contributed by atoms with Crippen molar-refractivity contribution in [3.8, 4) is 0 Å². The molecule has 2 amide bonds. The number of amides is 2. The Balaban J connectivity index is 1.54. The molecule has 0 spiro atoms. The third-order valence-electron chi connectivity index (χ3n) is 5.06. The largest absolute Gasteiger partial charge is 0.336 e. The molecule has 4 rings (SSSR count). The van der Waals surface area contributed by atoms with Gasteiger partial charge in [0, 0.05) is 43.6 Å². The highest BCUT2D eigenvalue weighted by atomic mass is 16.2. The fourth-order valence-electron chi connectivity index (χ4n) is 3.80. The zero-order valence-electron chi connectivity index (χ0n) is 15.1. The fourth-order valence-corrected chi connectivity index (χ4v) is 3.80.